The van der Waals surface area contributed by atoms with Gasteiger partial charge in [-0.2, -0.15) is 0 Å². The van der Waals surface area contributed by atoms with Gasteiger partial charge in [-0.3, -0.25) is 9.59 Å². The molecule has 0 spiro atoms. The van der Waals surface area contributed by atoms with Crippen LogP contribution in [-0.2, 0) is 11.3 Å². The van der Waals surface area contributed by atoms with Crippen molar-refractivity contribution in [3.05, 3.63) is 34.6 Å². The summed E-state index contributed by atoms with van der Waals surface area (Å²) in [6, 6.07) is 7.19. The normalized spacial score (nSPS) is 12.8. The topological polar surface area (TPSA) is 80.1 Å². The molecular formula is C16H23N5O2. The molecule has 1 aromatic carbocycles. The summed E-state index contributed by atoms with van der Waals surface area (Å²) in [5.41, 5.74) is 0.223. The molecule has 0 aliphatic heterocycles. The number of aromatic nitrogens is 3. The van der Waals surface area contributed by atoms with Gasteiger partial charge >= 0.3 is 0 Å². The number of hydrogen-bond donors (Lipinski definition) is 1. The van der Waals surface area contributed by atoms with E-state index in [0.717, 1.165) is 4.68 Å². The van der Waals surface area contributed by atoms with E-state index in [4.69, 9.17) is 0 Å². The average Bonchev–Trinajstić information content (AvgIpc) is 2.50. The van der Waals surface area contributed by atoms with Crippen LogP contribution in [0, 0.1) is 5.92 Å². The second-order valence-corrected chi connectivity index (χ2v) is 6.15. The van der Waals surface area contributed by atoms with Crippen LogP contribution < -0.4 is 10.9 Å². The Kier molecular flexibility index (Phi) is 5.44. The molecule has 0 saturated carbocycles. The van der Waals surface area contributed by atoms with Crippen LogP contribution in [0.4, 0.5) is 0 Å². The van der Waals surface area contributed by atoms with Crippen LogP contribution in [-0.4, -0.2) is 52.5 Å². The second kappa shape index (κ2) is 7.32. The molecule has 7 heteroatoms. The van der Waals surface area contributed by atoms with Gasteiger partial charge < -0.3 is 10.2 Å². The van der Waals surface area contributed by atoms with Gasteiger partial charge in [0, 0.05) is 12.6 Å². The minimum atomic E-state index is -0.307. The van der Waals surface area contributed by atoms with E-state index in [1.807, 2.05) is 14.1 Å². The quantitative estimate of drug-likeness (QED) is 0.839. The molecule has 0 fully saturated rings. The fourth-order valence-corrected chi connectivity index (χ4v) is 2.55. The van der Waals surface area contributed by atoms with E-state index in [1.54, 1.807) is 24.3 Å². The Bertz CT molecular complexity index is 731. The standard InChI is InChI=1S/C16H23N5O2/c1-11(2)14(20(3)4)9-17-15(22)10-21-16(23)12-7-5-6-8-13(12)18-19-21/h5-8,11,14H,9-10H2,1-4H3,(H,17,22). The fraction of sp³-hybridized carbons (Fsp3) is 0.500. The smallest absolute Gasteiger partial charge is 0.278 e. The number of likely N-dealkylation sites (N-methyl/N-ethyl adjacent to an activating group) is 1. The number of rotatable bonds is 6. The minimum Gasteiger partial charge on any atom is -0.353 e. The van der Waals surface area contributed by atoms with E-state index in [2.05, 4.69) is 34.4 Å². The first-order valence-electron chi connectivity index (χ1n) is 7.66. The summed E-state index contributed by atoms with van der Waals surface area (Å²) in [7, 11) is 3.96. The maximum Gasteiger partial charge on any atom is 0.278 e. The maximum atomic E-state index is 12.3. The predicted molar refractivity (Wildman–Crippen MR) is 89.1 cm³/mol. The lowest BCUT2D eigenvalue weighted by atomic mass is 10.0. The molecule has 0 aliphatic rings. The van der Waals surface area contributed by atoms with Crippen molar-refractivity contribution in [3.8, 4) is 0 Å². The van der Waals surface area contributed by atoms with Crippen LogP contribution in [0.3, 0.4) is 0 Å². The Hall–Kier alpha value is -2.28. The summed E-state index contributed by atoms with van der Waals surface area (Å²) < 4.78 is 1.09. The highest BCUT2D eigenvalue weighted by atomic mass is 16.2. The van der Waals surface area contributed by atoms with Gasteiger partial charge in [-0.05, 0) is 32.1 Å². The number of carbonyl (C=O) groups excluding carboxylic acids is 1. The number of carbonyl (C=O) groups is 1. The molecule has 0 bridgehead atoms. The van der Waals surface area contributed by atoms with E-state index >= 15 is 0 Å². The van der Waals surface area contributed by atoms with Crippen LogP contribution in [0.2, 0.25) is 0 Å². The van der Waals surface area contributed by atoms with Crippen molar-refractivity contribution in [1.29, 1.82) is 0 Å². The summed E-state index contributed by atoms with van der Waals surface area (Å²) in [6.45, 7) is 4.61. The van der Waals surface area contributed by atoms with Crippen molar-refractivity contribution in [3.63, 3.8) is 0 Å². The van der Waals surface area contributed by atoms with Crippen molar-refractivity contribution in [2.24, 2.45) is 5.92 Å². The van der Waals surface area contributed by atoms with E-state index in [1.165, 1.54) is 0 Å². The van der Waals surface area contributed by atoms with E-state index in [-0.39, 0.29) is 24.1 Å². The lowest BCUT2D eigenvalue weighted by Gasteiger charge is -2.28. The molecule has 0 aliphatic carbocycles. The third-order valence-electron chi connectivity index (χ3n) is 3.86. The Balaban J connectivity index is 2.06. The molecule has 124 valence electrons. The lowest BCUT2D eigenvalue weighted by Crippen LogP contribution is -2.44. The zero-order chi connectivity index (χ0) is 17.0. The molecule has 1 heterocycles. The summed E-state index contributed by atoms with van der Waals surface area (Å²) in [4.78, 5) is 26.5. The van der Waals surface area contributed by atoms with Crippen LogP contribution >= 0.6 is 0 Å². The van der Waals surface area contributed by atoms with E-state index in [0.29, 0.717) is 23.4 Å². The van der Waals surface area contributed by atoms with Gasteiger partial charge in [0.1, 0.15) is 12.1 Å². The van der Waals surface area contributed by atoms with Gasteiger partial charge in [-0.15, -0.1) is 5.10 Å². The predicted octanol–water partition coefficient (Wildman–Crippen LogP) is 0.494. The summed E-state index contributed by atoms with van der Waals surface area (Å²) in [5, 5.41) is 11.1. The van der Waals surface area contributed by atoms with E-state index < -0.39 is 0 Å². The van der Waals surface area contributed by atoms with Crippen molar-refractivity contribution >= 4 is 16.8 Å². The molecule has 1 amide bonds. The summed E-state index contributed by atoms with van der Waals surface area (Å²) in [5.74, 6) is 0.165. The third-order valence-corrected chi connectivity index (χ3v) is 3.86. The Labute approximate surface area is 135 Å². The first-order chi connectivity index (χ1) is 10.9. The minimum absolute atomic E-state index is 0.130. The van der Waals surface area contributed by atoms with Gasteiger partial charge in [0.25, 0.3) is 5.56 Å². The SMILES string of the molecule is CC(C)C(CNC(=O)Cn1nnc2ccccc2c1=O)N(C)C. The average molecular weight is 317 g/mol. The highest BCUT2D eigenvalue weighted by Crippen LogP contribution is 2.06. The zero-order valence-electron chi connectivity index (χ0n) is 14.0. The molecule has 1 atom stereocenters. The number of amides is 1. The molecule has 2 rings (SSSR count). The molecule has 7 nitrogen and oxygen atoms in total. The molecule has 1 aromatic heterocycles. The molecule has 0 saturated heterocycles. The van der Waals surface area contributed by atoms with Gasteiger partial charge in [-0.1, -0.05) is 31.2 Å². The molecule has 1 unspecified atom stereocenters. The van der Waals surface area contributed by atoms with Crippen LogP contribution in [0.25, 0.3) is 10.9 Å². The first-order valence-corrected chi connectivity index (χ1v) is 7.66. The van der Waals surface area contributed by atoms with Crippen LogP contribution in [0.1, 0.15) is 13.8 Å². The number of benzene rings is 1. The molecule has 23 heavy (non-hydrogen) atoms. The van der Waals surface area contributed by atoms with Crippen molar-refractivity contribution in [2.75, 3.05) is 20.6 Å². The Morgan fingerprint density at radius 2 is 2.00 bits per heavy atom. The summed E-state index contributed by atoms with van der Waals surface area (Å²) >= 11 is 0. The highest BCUT2D eigenvalue weighted by molar-refractivity contribution is 5.78. The number of nitrogens with zero attached hydrogens (tertiary/aromatic N) is 4. The molecule has 0 radical (unpaired) electrons. The number of nitrogens with one attached hydrogen (secondary N) is 1. The van der Waals surface area contributed by atoms with Crippen molar-refractivity contribution < 1.29 is 4.79 Å². The monoisotopic (exact) mass is 317 g/mol. The van der Waals surface area contributed by atoms with Crippen molar-refractivity contribution in [2.45, 2.75) is 26.4 Å². The van der Waals surface area contributed by atoms with Crippen molar-refractivity contribution in [1.82, 2.24) is 25.2 Å². The fourth-order valence-electron chi connectivity index (χ4n) is 2.55. The molecule has 1 N–H and O–H groups in total. The van der Waals surface area contributed by atoms with Gasteiger partial charge in [-0.25, -0.2) is 4.68 Å². The third kappa shape index (κ3) is 4.13. The Morgan fingerprint density at radius 1 is 1.30 bits per heavy atom. The van der Waals surface area contributed by atoms with Gasteiger partial charge in [0.2, 0.25) is 5.91 Å². The maximum absolute atomic E-state index is 12.3. The summed E-state index contributed by atoms with van der Waals surface area (Å²) in [6.07, 6.45) is 0. The second-order valence-electron chi connectivity index (χ2n) is 6.15. The largest absolute Gasteiger partial charge is 0.353 e. The van der Waals surface area contributed by atoms with Gasteiger partial charge in [0.05, 0.1) is 5.39 Å². The van der Waals surface area contributed by atoms with E-state index in [9.17, 15) is 9.59 Å². The molecular weight excluding hydrogens is 294 g/mol. The lowest BCUT2D eigenvalue weighted by molar-refractivity contribution is -0.122. The number of fused-ring (bicyclic) bond motifs is 1. The van der Waals surface area contributed by atoms with Gasteiger partial charge in [0.15, 0.2) is 0 Å². The van der Waals surface area contributed by atoms with Crippen LogP contribution in [0.15, 0.2) is 29.1 Å². The number of hydrogen-bond acceptors (Lipinski definition) is 5. The zero-order valence-corrected chi connectivity index (χ0v) is 14.0. The Morgan fingerprint density at radius 3 is 2.65 bits per heavy atom. The molecule has 2 aromatic rings. The van der Waals surface area contributed by atoms with Crippen LogP contribution in [0.5, 0.6) is 0 Å². The highest BCUT2D eigenvalue weighted by Gasteiger charge is 2.17. The first kappa shape index (κ1) is 17.1.